The van der Waals surface area contributed by atoms with E-state index in [1.807, 2.05) is 55.3 Å². The third-order valence-electron chi connectivity index (χ3n) is 4.45. The maximum Gasteiger partial charge on any atom is 0.111 e. The molecular formula is C19H22FN3OS. The summed E-state index contributed by atoms with van der Waals surface area (Å²) in [5.41, 5.74) is 3.71. The van der Waals surface area contributed by atoms with E-state index < -0.39 is 5.60 Å². The molecule has 1 aromatic heterocycles. The molecule has 0 atom stereocenters. The average Bonchev–Trinajstić information content (AvgIpc) is 2.58. The minimum atomic E-state index is -0.925. The Morgan fingerprint density at radius 3 is 2.88 bits per heavy atom. The van der Waals surface area contributed by atoms with Crippen molar-refractivity contribution in [1.29, 1.82) is 0 Å². The summed E-state index contributed by atoms with van der Waals surface area (Å²) in [7, 11) is 1.87. The van der Waals surface area contributed by atoms with Gasteiger partial charge in [-0.05, 0) is 42.8 Å². The van der Waals surface area contributed by atoms with Gasteiger partial charge >= 0.3 is 0 Å². The predicted molar refractivity (Wildman–Crippen MR) is 104 cm³/mol. The van der Waals surface area contributed by atoms with Crippen molar-refractivity contribution >= 4 is 34.3 Å². The SMILES string of the molecule is C=C(/C=C(\C)NC)c1ccc2cc(N3CC(O)(CSF)C3)ccc2n1. The van der Waals surface area contributed by atoms with Crippen molar-refractivity contribution in [2.45, 2.75) is 12.5 Å². The van der Waals surface area contributed by atoms with Crippen molar-refractivity contribution in [3.8, 4) is 0 Å². The van der Waals surface area contributed by atoms with Crippen LogP contribution in [0.1, 0.15) is 12.6 Å². The Hall–Kier alpha value is -2.05. The van der Waals surface area contributed by atoms with Crippen LogP contribution in [0.15, 0.2) is 48.7 Å². The molecule has 2 heterocycles. The number of allylic oxidation sites excluding steroid dienone is 3. The van der Waals surface area contributed by atoms with E-state index in [0.717, 1.165) is 33.6 Å². The minimum absolute atomic E-state index is 0.115. The molecule has 1 fully saturated rings. The maximum atomic E-state index is 12.4. The van der Waals surface area contributed by atoms with E-state index >= 15 is 0 Å². The summed E-state index contributed by atoms with van der Waals surface area (Å²) in [6, 6.07) is 9.99. The lowest BCUT2D eigenvalue weighted by Gasteiger charge is -2.47. The van der Waals surface area contributed by atoms with Crippen LogP contribution in [0.5, 0.6) is 0 Å². The molecule has 3 rings (SSSR count). The fourth-order valence-corrected chi connectivity index (χ4v) is 3.32. The molecule has 0 radical (unpaired) electrons. The number of fused-ring (bicyclic) bond motifs is 1. The van der Waals surface area contributed by atoms with E-state index in [0.29, 0.717) is 13.1 Å². The summed E-state index contributed by atoms with van der Waals surface area (Å²) in [5.74, 6) is 0.115. The van der Waals surface area contributed by atoms with E-state index in [4.69, 9.17) is 0 Å². The van der Waals surface area contributed by atoms with Crippen LogP contribution in [0, 0.1) is 0 Å². The molecule has 0 spiro atoms. The molecule has 0 unspecified atom stereocenters. The first-order valence-corrected chi connectivity index (χ1v) is 9.00. The van der Waals surface area contributed by atoms with Crippen molar-refractivity contribution in [3.63, 3.8) is 0 Å². The topological polar surface area (TPSA) is 48.4 Å². The number of halogens is 1. The number of benzene rings is 1. The van der Waals surface area contributed by atoms with E-state index in [2.05, 4.69) is 16.9 Å². The third kappa shape index (κ3) is 3.80. The fraction of sp³-hybridized carbons (Fsp3) is 0.316. The lowest BCUT2D eigenvalue weighted by atomic mass is 9.95. The van der Waals surface area contributed by atoms with Gasteiger partial charge in [0.25, 0.3) is 0 Å². The molecule has 25 heavy (non-hydrogen) atoms. The van der Waals surface area contributed by atoms with Gasteiger partial charge in [0.05, 0.1) is 17.0 Å². The summed E-state index contributed by atoms with van der Waals surface area (Å²) in [4.78, 5) is 6.72. The van der Waals surface area contributed by atoms with Crippen molar-refractivity contribution in [2.75, 3.05) is 30.8 Å². The highest BCUT2D eigenvalue weighted by atomic mass is 32.2. The number of pyridine rings is 1. The van der Waals surface area contributed by atoms with Gasteiger partial charge in [-0.25, -0.2) is 4.98 Å². The van der Waals surface area contributed by atoms with E-state index in [1.54, 1.807) is 0 Å². The first-order valence-electron chi connectivity index (χ1n) is 8.11. The Balaban J connectivity index is 1.79. The zero-order chi connectivity index (χ0) is 18.0. The van der Waals surface area contributed by atoms with Crippen LogP contribution >= 0.6 is 12.1 Å². The minimum Gasteiger partial charge on any atom is -0.392 e. The second-order valence-corrected chi connectivity index (χ2v) is 7.02. The number of hydrogen-bond donors (Lipinski definition) is 2. The highest BCUT2D eigenvalue weighted by Gasteiger charge is 2.41. The van der Waals surface area contributed by atoms with E-state index in [1.165, 1.54) is 0 Å². The van der Waals surface area contributed by atoms with Gasteiger partial charge in [-0.15, -0.1) is 0 Å². The van der Waals surface area contributed by atoms with Crippen molar-refractivity contribution in [1.82, 2.24) is 10.3 Å². The van der Waals surface area contributed by atoms with Gasteiger partial charge in [-0.2, -0.15) is 3.89 Å². The zero-order valence-electron chi connectivity index (χ0n) is 14.4. The Labute approximate surface area is 151 Å². The van der Waals surface area contributed by atoms with Crippen molar-refractivity contribution < 1.29 is 8.99 Å². The monoisotopic (exact) mass is 359 g/mol. The molecular weight excluding hydrogens is 337 g/mol. The first-order chi connectivity index (χ1) is 11.9. The van der Waals surface area contributed by atoms with Crippen molar-refractivity contribution in [2.24, 2.45) is 0 Å². The molecule has 0 aliphatic carbocycles. The summed E-state index contributed by atoms with van der Waals surface area (Å²) in [5, 5.41) is 14.2. The Kier molecular flexibility index (Phi) is 5.01. The molecule has 2 aromatic rings. The Morgan fingerprint density at radius 2 is 2.20 bits per heavy atom. The second-order valence-electron chi connectivity index (χ2n) is 6.51. The average molecular weight is 359 g/mol. The van der Waals surface area contributed by atoms with Crippen LogP contribution in [0.3, 0.4) is 0 Å². The number of aliphatic hydroxyl groups is 1. The number of hydrogen-bond acceptors (Lipinski definition) is 5. The van der Waals surface area contributed by atoms with Crippen molar-refractivity contribution in [3.05, 3.63) is 54.4 Å². The van der Waals surface area contributed by atoms with E-state index in [9.17, 15) is 8.99 Å². The fourth-order valence-electron chi connectivity index (χ4n) is 2.94. The smallest absolute Gasteiger partial charge is 0.111 e. The summed E-state index contributed by atoms with van der Waals surface area (Å²) < 4.78 is 12.4. The predicted octanol–water partition coefficient (Wildman–Crippen LogP) is 3.54. The molecule has 0 saturated carbocycles. The highest BCUT2D eigenvalue weighted by Crippen LogP contribution is 2.32. The summed E-state index contributed by atoms with van der Waals surface area (Å²) in [6.07, 6.45) is 1.96. The molecule has 1 aliphatic heterocycles. The van der Waals surface area contributed by atoms with Crippen LogP contribution in [0.4, 0.5) is 9.57 Å². The molecule has 1 aromatic carbocycles. The maximum absolute atomic E-state index is 12.4. The second kappa shape index (κ2) is 7.06. The normalized spacial score (nSPS) is 16.6. The molecule has 132 valence electrons. The van der Waals surface area contributed by atoms with Gasteiger partial charge < -0.3 is 15.3 Å². The highest BCUT2D eigenvalue weighted by molar-refractivity contribution is 7.94. The van der Waals surface area contributed by atoms with Gasteiger partial charge in [0, 0.05) is 49.1 Å². The number of nitrogens with one attached hydrogen (secondary N) is 1. The molecule has 2 N–H and O–H groups in total. The number of aromatic nitrogens is 1. The molecule has 1 aliphatic rings. The Morgan fingerprint density at radius 1 is 1.44 bits per heavy atom. The van der Waals surface area contributed by atoms with Crippen LogP contribution in [0.25, 0.3) is 16.5 Å². The summed E-state index contributed by atoms with van der Waals surface area (Å²) >= 11 is 0.190. The Bertz CT molecular complexity index is 831. The molecule has 6 heteroatoms. The lowest BCUT2D eigenvalue weighted by molar-refractivity contribution is 0.0355. The number of anilines is 1. The quantitative estimate of drug-likeness (QED) is 0.773. The largest absolute Gasteiger partial charge is 0.392 e. The van der Waals surface area contributed by atoms with Gasteiger partial charge in [0.15, 0.2) is 0 Å². The number of nitrogens with zero attached hydrogens (tertiary/aromatic N) is 2. The third-order valence-corrected chi connectivity index (χ3v) is 5.09. The van der Waals surface area contributed by atoms with E-state index in [-0.39, 0.29) is 17.9 Å². The van der Waals surface area contributed by atoms with Gasteiger partial charge in [0.1, 0.15) is 5.60 Å². The molecule has 0 amide bonds. The van der Waals surface area contributed by atoms with Crippen LogP contribution in [0.2, 0.25) is 0 Å². The standard InChI is InChI=1S/C19H22FN3OS/c1-13(8-14(2)21-3)17-6-4-15-9-16(5-7-18(15)22-17)23-10-19(24,11-23)12-25-20/h4-9,21,24H,1,10-12H2,2-3H3/b14-8+. The zero-order valence-corrected chi connectivity index (χ0v) is 15.2. The van der Waals surface area contributed by atoms with Crippen LogP contribution in [-0.2, 0) is 0 Å². The van der Waals surface area contributed by atoms with Gasteiger partial charge in [-0.3, -0.25) is 0 Å². The molecule has 1 saturated heterocycles. The molecule has 0 bridgehead atoms. The number of rotatable bonds is 6. The van der Waals surface area contributed by atoms with Crippen LogP contribution < -0.4 is 10.2 Å². The summed E-state index contributed by atoms with van der Waals surface area (Å²) in [6.45, 7) is 6.95. The first kappa shape index (κ1) is 17.8. The van der Waals surface area contributed by atoms with Crippen LogP contribution in [-0.4, -0.2) is 41.6 Å². The lowest BCUT2D eigenvalue weighted by Crippen LogP contribution is -2.63. The molecule has 4 nitrogen and oxygen atoms in total. The van der Waals surface area contributed by atoms with Gasteiger partial charge in [0.2, 0.25) is 0 Å². The van der Waals surface area contributed by atoms with Gasteiger partial charge in [-0.1, -0.05) is 12.6 Å². The number of β-amino-alcohol motifs (C(OH)–C–C–N with tert-alkyl or cyclic N) is 1.